The first-order chi connectivity index (χ1) is 16.7. The number of hydrogen-bond donors (Lipinski definition) is 2. The van der Waals surface area contributed by atoms with Gasteiger partial charge in [0.25, 0.3) is 11.9 Å². The number of carbonyl (C=O) groups excluding carboxylic acids is 1. The number of nitrogens with zero attached hydrogens (tertiary/aromatic N) is 2. The van der Waals surface area contributed by atoms with Crippen LogP contribution in [-0.2, 0) is 15.0 Å². The van der Waals surface area contributed by atoms with E-state index in [4.69, 9.17) is 19.9 Å². The number of carbonyl (C=O) groups is 1. The number of pyridine rings is 1. The third-order valence-corrected chi connectivity index (χ3v) is 6.11. The van der Waals surface area contributed by atoms with E-state index in [-0.39, 0.29) is 41.1 Å². The molecule has 186 valence electrons. The highest BCUT2D eigenvalue weighted by molar-refractivity contribution is 6.03. The number of fused-ring (bicyclic) bond motifs is 2. The van der Waals surface area contributed by atoms with Crippen LogP contribution in [0.15, 0.2) is 35.5 Å². The molecule has 0 bridgehead atoms. The molecule has 9 nitrogen and oxygen atoms in total. The number of alkyl halides is 3. The second-order valence-corrected chi connectivity index (χ2v) is 8.33. The van der Waals surface area contributed by atoms with Crippen LogP contribution in [0, 0.1) is 11.7 Å². The summed E-state index contributed by atoms with van der Waals surface area (Å²) in [5.41, 5.74) is 3.99. The Kier molecular flexibility index (Phi) is 5.66. The van der Waals surface area contributed by atoms with Crippen LogP contribution in [0.25, 0.3) is 0 Å². The number of nitrogens with one attached hydrogen (secondary N) is 1. The first-order valence-electron chi connectivity index (χ1n) is 10.7. The van der Waals surface area contributed by atoms with E-state index in [2.05, 4.69) is 20.0 Å². The molecule has 35 heavy (non-hydrogen) atoms. The van der Waals surface area contributed by atoms with E-state index in [1.54, 1.807) is 0 Å². The first kappa shape index (κ1) is 23.1. The van der Waals surface area contributed by atoms with Crippen molar-refractivity contribution in [1.29, 1.82) is 0 Å². The highest BCUT2D eigenvalue weighted by Crippen LogP contribution is 2.45. The molecular weight excluding hydrogens is 476 g/mol. The summed E-state index contributed by atoms with van der Waals surface area (Å²) < 4.78 is 76.5. The molecule has 0 radical (unpaired) electrons. The molecule has 2 aromatic rings. The number of nitrogens with two attached hydrogens (primary N) is 1. The number of ether oxygens (including phenoxy) is 4. The molecule has 3 atom stereocenters. The summed E-state index contributed by atoms with van der Waals surface area (Å²) in [5.74, 6) is -2.41. The minimum atomic E-state index is -3.51. The van der Waals surface area contributed by atoms with E-state index in [0.29, 0.717) is 13.0 Å². The summed E-state index contributed by atoms with van der Waals surface area (Å²) >= 11 is 0. The SMILES string of the molecule is NC1=N[C@](CF)(c2cc(NC(=O)c3cc4c(cn3)OC(F)(F)CO4)ccc2F)[C@H]2CCOC[C@H]2O1. The number of rotatable bonds is 4. The van der Waals surface area contributed by atoms with E-state index >= 15 is 4.39 Å². The van der Waals surface area contributed by atoms with Crippen LogP contribution in [0.5, 0.6) is 11.5 Å². The number of aromatic nitrogens is 1. The first-order valence-corrected chi connectivity index (χ1v) is 10.7. The third kappa shape index (κ3) is 4.20. The number of halogens is 4. The molecule has 0 spiro atoms. The lowest BCUT2D eigenvalue weighted by Gasteiger charge is -2.45. The van der Waals surface area contributed by atoms with Gasteiger partial charge in [0, 0.05) is 29.8 Å². The smallest absolute Gasteiger partial charge is 0.433 e. The molecule has 3 aliphatic heterocycles. The Morgan fingerprint density at radius 3 is 2.89 bits per heavy atom. The second kappa shape index (κ2) is 8.56. The maximum atomic E-state index is 15.0. The predicted molar refractivity (Wildman–Crippen MR) is 113 cm³/mol. The van der Waals surface area contributed by atoms with Crippen molar-refractivity contribution in [2.24, 2.45) is 16.6 Å². The number of amides is 1. The fourth-order valence-corrected chi connectivity index (χ4v) is 4.52. The van der Waals surface area contributed by atoms with Gasteiger partial charge in [0.15, 0.2) is 18.1 Å². The Hall–Kier alpha value is -3.61. The van der Waals surface area contributed by atoms with Crippen LogP contribution in [-0.4, -0.2) is 55.6 Å². The van der Waals surface area contributed by atoms with Gasteiger partial charge in [0.1, 0.15) is 29.8 Å². The van der Waals surface area contributed by atoms with Gasteiger partial charge < -0.3 is 30.0 Å². The summed E-state index contributed by atoms with van der Waals surface area (Å²) in [7, 11) is 0. The van der Waals surface area contributed by atoms with E-state index < -0.39 is 48.7 Å². The van der Waals surface area contributed by atoms with Crippen molar-refractivity contribution >= 4 is 17.6 Å². The lowest BCUT2D eigenvalue weighted by atomic mass is 9.73. The molecule has 1 amide bonds. The van der Waals surface area contributed by atoms with E-state index in [1.807, 2.05) is 0 Å². The van der Waals surface area contributed by atoms with Gasteiger partial charge in [-0.15, -0.1) is 0 Å². The van der Waals surface area contributed by atoms with Gasteiger partial charge in [-0.3, -0.25) is 4.79 Å². The molecule has 3 aliphatic rings. The quantitative estimate of drug-likeness (QED) is 0.625. The molecule has 0 aliphatic carbocycles. The van der Waals surface area contributed by atoms with Gasteiger partial charge in [-0.1, -0.05) is 0 Å². The molecule has 1 aromatic heterocycles. The monoisotopic (exact) mass is 496 g/mol. The number of aliphatic imine (C=N–C) groups is 1. The Bertz CT molecular complexity index is 1200. The molecule has 1 aromatic carbocycles. The van der Waals surface area contributed by atoms with Crippen molar-refractivity contribution in [2.75, 3.05) is 31.8 Å². The van der Waals surface area contributed by atoms with Crippen molar-refractivity contribution in [1.82, 2.24) is 4.98 Å². The minimum Gasteiger partial charge on any atom is -0.479 e. The topological polar surface area (TPSA) is 117 Å². The average molecular weight is 496 g/mol. The molecule has 1 fully saturated rings. The van der Waals surface area contributed by atoms with Gasteiger partial charge >= 0.3 is 6.11 Å². The number of anilines is 1. The van der Waals surface area contributed by atoms with Crippen molar-refractivity contribution in [3.63, 3.8) is 0 Å². The molecule has 1 saturated heterocycles. The predicted octanol–water partition coefficient (Wildman–Crippen LogP) is 2.75. The molecule has 13 heteroatoms. The molecule has 3 N–H and O–H groups in total. The summed E-state index contributed by atoms with van der Waals surface area (Å²) in [6.07, 6.45) is -2.81. The molecule has 0 unspecified atom stereocenters. The van der Waals surface area contributed by atoms with Crippen LogP contribution in [0.2, 0.25) is 0 Å². The van der Waals surface area contributed by atoms with Crippen LogP contribution in [0.4, 0.5) is 23.2 Å². The minimum absolute atomic E-state index is 0.0789. The summed E-state index contributed by atoms with van der Waals surface area (Å²) in [4.78, 5) is 20.8. The zero-order chi connectivity index (χ0) is 24.8. The van der Waals surface area contributed by atoms with Crippen molar-refractivity contribution in [3.05, 3.63) is 47.5 Å². The lowest BCUT2D eigenvalue weighted by Crippen LogP contribution is -2.54. The van der Waals surface area contributed by atoms with Gasteiger partial charge in [-0.2, -0.15) is 8.78 Å². The third-order valence-electron chi connectivity index (χ3n) is 6.11. The second-order valence-electron chi connectivity index (χ2n) is 8.33. The summed E-state index contributed by atoms with van der Waals surface area (Å²) in [5, 5.41) is 2.54. The number of benzene rings is 1. The summed E-state index contributed by atoms with van der Waals surface area (Å²) in [6, 6.07) is 4.50. The summed E-state index contributed by atoms with van der Waals surface area (Å²) in [6.45, 7) is -1.59. The van der Waals surface area contributed by atoms with Crippen LogP contribution in [0.3, 0.4) is 0 Å². The van der Waals surface area contributed by atoms with E-state index in [0.717, 1.165) is 18.3 Å². The zero-order valence-electron chi connectivity index (χ0n) is 18.1. The Morgan fingerprint density at radius 1 is 1.26 bits per heavy atom. The largest absolute Gasteiger partial charge is 0.479 e. The maximum absolute atomic E-state index is 15.0. The normalized spacial score (nSPS) is 26.7. The lowest BCUT2D eigenvalue weighted by molar-refractivity contribution is -0.209. The zero-order valence-corrected chi connectivity index (χ0v) is 18.1. The number of amidine groups is 1. The highest BCUT2D eigenvalue weighted by atomic mass is 19.3. The van der Waals surface area contributed by atoms with Gasteiger partial charge in [0.05, 0.1) is 12.8 Å². The Morgan fingerprint density at radius 2 is 2.09 bits per heavy atom. The van der Waals surface area contributed by atoms with Crippen molar-refractivity contribution in [3.8, 4) is 11.5 Å². The Labute approximate surface area is 196 Å². The van der Waals surface area contributed by atoms with Gasteiger partial charge in [-0.05, 0) is 24.6 Å². The van der Waals surface area contributed by atoms with Crippen LogP contribution < -0.4 is 20.5 Å². The Balaban J connectivity index is 1.44. The van der Waals surface area contributed by atoms with Crippen LogP contribution in [0.1, 0.15) is 22.5 Å². The van der Waals surface area contributed by atoms with Crippen LogP contribution >= 0.6 is 0 Å². The molecule has 5 rings (SSSR count). The van der Waals surface area contributed by atoms with E-state index in [9.17, 15) is 18.0 Å². The fourth-order valence-electron chi connectivity index (χ4n) is 4.52. The maximum Gasteiger partial charge on any atom is 0.433 e. The van der Waals surface area contributed by atoms with Gasteiger partial charge in [-0.25, -0.2) is 18.8 Å². The average Bonchev–Trinajstić information content (AvgIpc) is 2.83. The van der Waals surface area contributed by atoms with E-state index in [1.165, 1.54) is 12.1 Å². The highest BCUT2D eigenvalue weighted by Gasteiger charge is 2.51. The standard InChI is InChI=1S/C22H20F4N4O5/c23-9-21(12-3-4-32-8-18(12)34-20(27)30-21)13-5-11(1-2-14(13)24)29-19(31)15-6-16-17(7-28-15)35-22(25,26)10-33-16/h1-2,5-7,12,18H,3-4,8-10H2,(H2,27,30)(H,29,31)/t12-,18+,21-/m0/s1. The molecule has 0 saturated carbocycles. The van der Waals surface area contributed by atoms with Crippen molar-refractivity contribution < 1.29 is 41.3 Å². The molecule has 4 heterocycles. The fraction of sp³-hybridized carbons (Fsp3) is 0.409. The molecular formula is C22H20F4N4O5. The number of hydrogen-bond acceptors (Lipinski definition) is 8. The van der Waals surface area contributed by atoms with Crippen molar-refractivity contribution in [2.45, 2.75) is 24.2 Å². The van der Waals surface area contributed by atoms with Gasteiger partial charge in [0.2, 0.25) is 0 Å².